The van der Waals surface area contributed by atoms with Crippen LogP contribution in [0.5, 0.6) is 5.75 Å². The number of nitrogens with zero attached hydrogens (tertiary/aromatic N) is 1. The van der Waals surface area contributed by atoms with E-state index in [1.165, 1.54) is 6.20 Å². The van der Waals surface area contributed by atoms with Gasteiger partial charge < -0.3 is 20.7 Å². The van der Waals surface area contributed by atoms with Crippen molar-refractivity contribution in [2.24, 2.45) is 5.73 Å². The van der Waals surface area contributed by atoms with Crippen LogP contribution >= 0.6 is 0 Å². The molecule has 2 atom stereocenters. The summed E-state index contributed by atoms with van der Waals surface area (Å²) in [5.41, 5.74) is 6.84. The minimum absolute atomic E-state index is 0.0176. The van der Waals surface area contributed by atoms with Crippen molar-refractivity contribution >= 4 is 0 Å². The van der Waals surface area contributed by atoms with Crippen molar-refractivity contribution in [2.45, 2.75) is 18.8 Å². The highest BCUT2D eigenvalue weighted by molar-refractivity contribution is 5.26. The summed E-state index contributed by atoms with van der Waals surface area (Å²) in [6.45, 7) is 0.401. The third-order valence-electron chi connectivity index (χ3n) is 2.93. The summed E-state index contributed by atoms with van der Waals surface area (Å²) in [5.74, 6) is 0.537. The SMILES string of the molecule is NCC(O)C(O)c1cncc(OCc2ccccc2)c1. The lowest BCUT2D eigenvalue weighted by atomic mass is 10.1. The third kappa shape index (κ3) is 3.77. The van der Waals surface area contributed by atoms with Crippen molar-refractivity contribution < 1.29 is 14.9 Å². The maximum Gasteiger partial charge on any atom is 0.138 e. The number of aromatic nitrogens is 1. The zero-order valence-electron chi connectivity index (χ0n) is 11.0. The predicted molar refractivity (Wildman–Crippen MR) is 75.0 cm³/mol. The molecular weight excluding hydrogens is 256 g/mol. The molecule has 2 unspecified atom stereocenters. The Balaban J connectivity index is 2.03. The molecule has 5 nitrogen and oxygen atoms in total. The van der Waals surface area contributed by atoms with Crippen LogP contribution in [0.15, 0.2) is 48.8 Å². The van der Waals surface area contributed by atoms with E-state index in [0.29, 0.717) is 17.9 Å². The Morgan fingerprint density at radius 3 is 2.60 bits per heavy atom. The van der Waals surface area contributed by atoms with Gasteiger partial charge in [0.25, 0.3) is 0 Å². The number of ether oxygens (including phenoxy) is 1. The van der Waals surface area contributed by atoms with E-state index in [0.717, 1.165) is 5.56 Å². The Kier molecular flexibility index (Phi) is 5.06. The van der Waals surface area contributed by atoms with Crippen LogP contribution in [0.4, 0.5) is 0 Å². The summed E-state index contributed by atoms with van der Waals surface area (Å²) in [6.07, 6.45) is 0.973. The summed E-state index contributed by atoms with van der Waals surface area (Å²) in [5, 5.41) is 19.4. The van der Waals surface area contributed by atoms with Gasteiger partial charge in [0, 0.05) is 18.3 Å². The lowest BCUT2D eigenvalue weighted by Crippen LogP contribution is -2.27. The standard InChI is InChI=1S/C15H18N2O3/c16-7-14(18)15(19)12-6-13(9-17-8-12)20-10-11-4-2-1-3-5-11/h1-6,8-9,14-15,18-19H,7,10,16H2. The van der Waals surface area contributed by atoms with Crippen LogP contribution in [-0.2, 0) is 6.61 Å². The van der Waals surface area contributed by atoms with E-state index >= 15 is 0 Å². The van der Waals surface area contributed by atoms with Crippen LogP contribution in [0, 0.1) is 0 Å². The minimum atomic E-state index is -1.06. The molecule has 1 aromatic heterocycles. The van der Waals surface area contributed by atoms with Crippen LogP contribution < -0.4 is 10.5 Å². The first-order valence-electron chi connectivity index (χ1n) is 6.38. The fourth-order valence-corrected chi connectivity index (χ4v) is 1.77. The second-order valence-corrected chi connectivity index (χ2v) is 4.48. The second-order valence-electron chi connectivity index (χ2n) is 4.48. The fraction of sp³-hybridized carbons (Fsp3) is 0.267. The van der Waals surface area contributed by atoms with Crippen LogP contribution in [0.3, 0.4) is 0 Å². The van der Waals surface area contributed by atoms with E-state index in [1.54, 1.807) is 12.3 Å². The summed E-state index contributed by atoms with van der Waals surface area (Å²) >= 11 is 0. The molecule has 0 aliphatic heterocycles. The summed E-state index contributed by atoms with van der Waals surface area (Å²) in [6, 6.07) is 11.4. The molecule has 0 aliphatic carbocycles. The third-order valence-corrected chi connectivity index (χ3v) is 2.93. The van der Waals surface area contributed by atoms with Gasteiger partial charge in [-0.1, -0.05) is 30.3 Å². The molecule has 106 valence electrons. The van der Waals surface area contributed by atoms with Crippen molar-refractivity contribution in [1.82, 2.24) is 4.98 Å². The van der Waals surface area contributed by atoms with E-state index in [4.69, 9.17) is 10.5 Å². The summed E-state index contributed by atoms with van der Waals surface area (Å²) in [4.78, 5) is 4.00. The molecule has 1 heterocycles. The van der Waals surface area contributed by atoms with E-state index in [9.17, 15) is 10.2 Å². The highest BCUT2D eigenvalue weighted by atomic mass is 16.5. The molecule has 5 heteroatoms. The Labute approximate surface area is 117 Å². The molecule has 0 aliphatic rings. The van der Waals surface area contributed by atoms with Crippen molar-refractivity contribution in [2.75, 3.05) is 6.54 Å². The number of benzene rings is 1. The van der Waals surface area contributed by atoms with Crippen molar-refractivity contribution in [3.05, 3.63) is 59.9 Å². The lowest BCUT2D eigenvalue weighted by Gasteiger charge is -2.16. The minimum Gasteiger partial charge on any atom is -0.487 e. The van der Waals surface area contributed by atoms with Gasteiger partial charge in [-0.25, -0.2) is 0 Å². The topological polar surface area (TPSA) is 88.6 Å². The number of rotatable bonds is 6. The van der Waals surface area contributed by atoms with Crippen LogP contribution in [-0.4, -0.2) is 27.8 Å². The maximum absolute atomic E-state index is 9.87. The monoisotopic (exact) mass is 274 g/mol. The van der Waals surface area contributed by atoms with Gasteiger partial charge in [0.15, 0.2) is 0 Å². The molecule has 4 N–H and O–H groups in total. The lowest BCUT2D eigenvalue weighted by molar-refractivity contribution is 0.0240. The largest absolute Gasteiger partial charge is 0.487 e. The second kappa shape index (κ2) is 7.00. The molecule has 0 amide bonds. The summed E-state index contributed by atoms with van der Waals surface area (Å²) in [7, 11) is 0. The number of aliphatic hydroxyl groups excluding tert-OH is 2. The van der Waals surface area contributed by atoms with Crippen LogP contribution in [0.1, 0.15) is 17.2 Å². The zero-order chi connectivity index (χ0) is 14.4. The van der Waals surface area contributed by atoms with Gasteiger partial charge in [0.05, 0.1) is 12.3 Å². The van der Waals surface area contributed by atoms with E-state index < -0.39 is 12.2 Å². The highest BCUT2D eigenvalue weighted by Gasteiger charge is 2.17. The smallest absolute Gasteiger partial charge is 0.138 e. The van der Waals surface area contributed by atoms with Crippen molar-refractivity contribution in [1.29, 1.82) is 0 Å². The quantitative estimate of drug-likeness (QED) is 0.731. The Morgan fingerprint density at radius 1 is 1.15 bits per heavy atom. The summed E-state index contributed by atoms with van der Waals surface area (Å²) < 4.78 is 5.61. The molecule has 0 fully saturated rings. The number of hydrogen-bond donors (Lipinski definition) is 3. The van der Waals surface area contributed by atoms with Gasteiger partial charge in [-0.15, -0.1) is 0 Å². The first-order valence-corrected chi connectivity index (χ1v) is 6.38. The Morgan fingerprint density at radius 2 is 1.90 bits per heavy atom. The molecule has 0 spiro atoms. The molecule has 0 saturated heterocycles. The van der Waals surface area contributed by atoms with Gasteiger partial charge in [-0.3, -0.25) is 4.98 Å². The van der Waals surface area contributed by atoms with Crippen molar-refractivity contribution in [3.8, 4) is 5.75 Å². The number of nitrogens with two attached hydrogens (primary N) is 1. The van der Waals surface area contributed by atoms with Gasteiger partial charge in [-0.05, 0) is 11.6 Å². The highest BCUT2D eigenvalue weighted by Crippen LogP contribution is 2.20. The molecule has 1 aromatic carbocycles. The molecule has 0 bridgehead atoms. The van der Waals surface area contributed by atoms with E-state index in [2.05, 4.69) is 4.98 Å². The van der Waals surface area contributed by atoms with Gasteiger partial charge in [0.2, 0.25) is 0 Å². The predicted octanol–water partition coefficient (Wildman–Crippen LogP) is 1.01. The molecule has 2 aromatic rings. The van der Waals surface area contributed by atoms with E-state index in [1.807, 2.05) is 30.3 Å². The number of hydrogen-bond acceptors (Lipinski definition) is 5. The maximum atomic E-state index is 9.87. The molecular formula is C15H18N2O3. The number of pyridine rings is 1. The molecule has 2 rings (SSSR count). The van der Waals surface area contributed by atoms with Gasteiger partial charge in [-0.2, -0.15) is 0 Å². The zero-order valence-corrected chi connectivity index (χ0v) is 11.0. The first-order chi connectivity index (χ1) is 9.70. The Hall–Kier alpha value is -1.95. The van der Waals surface area contributed by atoms with Crippen LogP contribution in [0.2, 0.25) is 0 Å². The number of aliphatic hydroxyl groups is 2. The average Bonchev–Trinajstić information content (AvgIpc) is 2.52. The average molecular weight is 274 g/mol. The normalized spacial score (nSPS) is 13.8. The fourth-order valence-electron chi connectivity index (χ4n) is 1.77. The Bertz CT molecular complexity index is 534. The van der Waals surface area contributed by atoms with E-state index in [-0.39, 0.29) is 6.54 Å². The molecule has 0 radical (unpaired) electrons. The van der Waals surface area contributed by atoms with Gasteiger partial charge >= 0.3 is 0 Å². The molecule has 20 heavy (non-hydrogen) atoms. The van der Waals surface area contributed by atoms with Crippen molar-refractivity contribution in [3.63, 3.8) is 0 Å². The van der Waals surface area contributed by atoms with Gasteiger partial charge in [0.1, 0.15) is 18.5 Å². The molecule has 0 saturated carbocycles. The van der Waals surface area contributed by atoms with Crippen LogP contribution in [0.25, 0.3) is 0 Å². The first kappa shape index (κ1) is 14.5.